The van der Waals surface area contributed by atoms with E-state index in [1.54, 1.807) is 25.3 Å². The molecule has 4 unspecified atom stereocenters. The van der Waals surface area contributed by atoms with E-state index in [0.29, 0.717) is 41.9 Å². The first kappa shape index (κ1) is 25.3. The van der Waals surface area contributed by atoms with Gasteiger partial charge in [-0.05, 0) is 75.0 Å². The first-order valence-electron chi connectivity index (χ1n) is 13.0. The van der Waals surface area contributed by atoms with E-state index in [0.717, 1.165) is 43.7 Å². The van der Waals surface area contributed by atoms with Gasteiger partial charge in [0.05, 0.1) is 24.3 Å². The Balaban J connectivity index is 1.15. The lowest BCUT2D eigenvalue weighted by molar-refractivity contribution is -0.127. The summed E-state index contributed by atoms with van der Waals surface area (Å²) in [5.74, 6) is 1.24. The zero-order chi connectivity index (χ0) is 25.1. The predicted molar refractivity (Wildman–Crippen MR) is 138 cm³/mol. The van der Waals surface area contributed by atoms with E-state index in [4.69, 9.17) is 25.8 Å². The third-order valence-electron chi connectivity index (χ3n) is 7.70. The monoisotopic (exact) mass is 516 g/mol. The van der Waals surface area contributed by atoms with Crippen molar-refractivity contribution in [2.75, 3.05) is 38.7 Å². The van der Waals surface area contributed by atoms with Crippen molar-refractivity contribution < 1.29 is 23.4 Å². The average molecular weight is 517 g/mol. The molecule has 36 heavy (non-hydrogen) atoms. The molecule has 1 saturated heterocycles. The van der Waals surface area contributed by atoms with E-state index in [1.807, 2.05) is 6.07 Å². The van der Waals surface area contributed by atoms with E-state index < -0.39 is 0 Å². The Hall–Kier alpha value is -2.35. The lowest BCUT2D eigenvalue weighted by Crippen LogP contribution is -2.49. The molecule has 1 saturated carbocycles. The standard InChI is InChI=1S/C28H34ClFN2O4/c1-34-26-17-32(12-4-14-35-20-9-7-19(30)8-10-20)13-11-22(26)28(33)31-24-16-18(29)15-23-21-5-2-3-6-25(21)36-27(23)24/h7-10,15-16,21-22,25-26H,2-6,11-14,17H2,1H3,(H,31,33). The van der Waals surface area contributed by atoms with E-state index in [9.17, 15) is 9.18 Å². The first-order chi connectivity index (χ1) is 17.5. The summed E-state index contributed by atoms with van der Waals surface area (Å²) in [5.41, 5.74) is 1.80. The van der Waals surface area contributed by atoms with Crippen LogP contribution in [0.2, 0.25) is 5.02 Å². The normalized spacial score (nSPS) is 25.5. The molecular weight excluding hydrogens is 483 g/mol. The smallest absolute Gasteiger partial charge is 0.230 e. The van der Waals surface area contributed by atoms with Gasteiger partial charge >= 0.3 is 0 Å². The van der Waals surface area contributed by atoms with Gasteiger partial charge in [0, 0.05) is 36.7 Å². The third-order valence-corrected chi connectivity index (χ3v) is 7.91. The molecule has 6 nitrogen and oxygen atoms in total. The van der Waals surface area contributed by atoms with Crippen molar-refractivity contribution >= 4 is 23.2 Å². The van der Waals surface area contributed by atoms with Crippen LogP contribution in [-0.2, 0) is 9.53 Å². The number of carbonyl (C=O) groups excluding carboxylic acids is 1. The second kappa shape index (κ2) is 11.4. The minimum Gasteiger partial charge on any atom is -0.494 e. The van der Waals surface area contributed by atoms with Gasteiger partial charge in [-0.2, -0.15) is 0 Å². The maximum absolute atomic E-state index is 13.4. The fourth-order valence-corrected chi connectivity index (χ4v) is 6.04. The number of hydrogen-bond acceptors (Lipinski definition) is 5. The summed E-state index contributed by atoms with van der Waals surface area (Å²) in [4.78, 5) is 15.7. The number of methoxy groups -OCH3 is 1. The molecule has 1 amide bonds. The van der Waals surface area contributed by atoms with Gasteiger partial charge in [0.2, 0.25) is 5.91 Å². The molecule has 3 aliphatic rings. The number of halogens is 2. The number of amides is 1. The lowest BCUT2D eigenvalue weighted by Gasteiger charge is -2.37. The van der Waals surface area contributed by atoms with Crippen LogP contribution in [0.1, 0.15) is 50.0 Å². The number of likely N-dealkylation sites (tertiary alicyclic amines) is 1. The van der Waals surface area contributed by atoms with Crippen LogP contribution in [-0.4, -0.2) is 56.4 Å². The Kier molecular flexibility index (Phi) is 7.99. The molecule has 1 N–H and O–H groups in total. The van der Waals surface area contributed by atoms with Crippen molar-refractivity contribution in [1.82, 2.24) is 4.90 Å². The average Bonchev–Trinajstić information content (AvgIpc) is 3.26. The van der Waals surface area contributed by atoms with Crippen LogP contribution in [0.5, 0.6) is 11.5 Å². The highest BCUT2D eigenvalue weighted by Gasteiger charge is 2.39. The van der Waals surface area contributed by atoms with Crippen molar-refractivity contribution in [3.05, 3.63) is 52.8 Å². The molecule has 0 bridgehead atoms. The van der Waals surface area contributed by atoms with E-state index in [1.165, 1.54) is 25.0 Å². The molecule has 4 atom stereocenters. The highest BCUT2D eigenvalue weighted by Crippen LogP contribution is 2.50. The zero-order valence-corrected chi connectivity index (χ0v) is 21.4. The van der Waals surface area contributed by atoms with Crippen LogP contribution < -0.4 is 14.8 Å². The molecule has 0 spiro atoms. The number of fused-ring (bicyclic) bond motifs is 3. The fraction of sp³-hybridized carbons (Fsp3) is 0.536. The largest absolute Gasteiger partial charge is 0.494 e. The zero-order valence-electron chi connectivity index (χ0n) is 20.7. The number of nitrogens with zero attached hydrogens (tertiary/aromatic N) is 1. The van der Waals surface area contributed by atoms with Crippen LogP contribution in [0.3, 0.4) is 0 Å². The van der Waals surface area contributed by atoms with Crippen LogP contribution in [0.25, 0.3) is 0 Å². The number of piperidine rings is 1. The molecule has 2 fully saturated rings. The van der Waals surface area contributed by atoms with E-state index in [2.05, 4.69) is 10.2 Å². The lowest BCUT2D eigenvalue weighted by atomic mass is 9.83. The van der Waals surface area contributed by atoms with Gasteiger partial charge in [0.1, 0.15) is 23.4 Å². The highest BCUT2D eigenvalue weighted by molar-refractivity contribution is 6.31. The van der Waals surface area contributed by atoms with Crippen molar-refractivity contribution in [1.29, 1.82) is 0 Å². The van der Waals surface area contributed by atoms with Gasteiger partial charge < -0.3 is 24.4 Å². The minimum atomic E-state index is -0.273. The number of hydrogen-bond donors (Lipinski definition) is 1. The molecule has 5 rings (SSSR count). The Morgan fingerprint density at radius 3 is 2.81 bits per heavy atom. The minimum absolute atomic E-state index is 0.0518. The van der Waals surface area contributed by atoms with Crippen LogP contribution in [0, 0.1) is 11.7 Å². The molecule has 2 aliphatic heterocycles. The summed E-state index contributed by atoms with van der Waals surface area (Å²) in [6.45, 7) is 2.88. The molecule has 2 aromatic rings. The van der Waals surface area contributed by atoms with E-state index in [-0.39, 0.29) is 29.9 Å². The maximum Gasteiger partial charge on any atom is 0.230 e. The summed E-state index contributed by atoms with van der Waals surface area (Å²) < 4.78 is 30.8. The molecule has 1 aliphatic carbocycles. The van der Waals surface area contributed by atoms with Crippen molar-refractivity contribution in [2.45, 2.75) is 56.7 Å². The third kappa shape index (κ3) is 5.63. The van der Waals surface area contributed by atoms with Gasteiger partial charge in [0.15, 0.2) is 0 Å². The van der Waals surface area contributed by atoms with Gasteiger partial charge in [-0.15, -0.1) is 0 Å². The molecule has 2 aromatic carbocycles. The quantitative estimate of drug-likeness (QED) is 0.460. The molecule has 2 heterocycles. The number of carbonyl (C=O) groups is 1. The van der Waals surface area contributed by atoms with Crippen LogP contribution in [0.15, 0.2) is 36.4 Å². The fourth-order valence-electron chi connectivity index (χ4n) is 5.82. The molecule has 194 valence electrons. The maximum atomic E-state index is 13.4. The van der Waals surface area contributed by atoms with E-state index >= 15 is 0 Å². The Labute approximate surface area is 217 Å². The molecule has 0 radical (unpaired) electrons. The Morgan fingerprint density at radius 1 is 1.19 bits per heavy atom. The van der Waals surface area contributed by atoms with Crippen LogP contribution in [0.4, 0.5) is 10.1 Å². The number of ether oxygens (including phenoxy) is 3. The van der Waals surface area contributed by atoms with Gasteiger partial charge in [0.25, 0.3) is 0 Å². The Morgan fingerprint density at radius 2 is 2.00 bits per heavy atom. The van der Waals surface area contributed by atoms with Crippen LogP contribution >= 0.6 is 11.6 Å². The number of rotatable bonds is 8. The number of anilines is 1. The molecular formula is C28H34ClFN2O4. The number of nitrogens with one attached hydrogen (secondary N) is 1. The van der Waals surface area contributed by atoms with Gasteiger partial charge in [-0.1, -0.05) is 18.0 Å². The summed E-state index contributed by atoms with van der Waals surface area (Å²) in [7, 11) is 1.66. The summed E-state index contributed by atoms with van der Waals surface area (Å²) in [6.07, 6.45) is 6.05. The summed E-state index contributed by atoms with van der Waals surface area (Å²) in [6, 6.07) is 9.85. The SMILES string of the molecule is COC1CN(CCCOc2ccc(F)cc2)CCC1C(=O)Nc1cc(Cl)cc2c1OC1CCCCC21. The molecule has 0 aromatic heterocycles. The summed E-state index contributed by atoms with van der Waals surface area (Å²) in [5, 5.41) is 3.75. The number of benzene rings is 2. The predicted octanol–water partition coefficient (Wildman–Crippen LogP) is 5.64. The topological polar surface area (TPSA) is 60.0 Å². The highest BCUT2D eigenvalue weighted by atomic mass is 35.5. The summed E-state index contributed by atoms with van der Waals surface area (Å²) >= 11 is 6.45. The van der Waals surface area contributed by atoms with Crippen molar-refractivity contribution in [3.63, 3.8) is 0 Å². The van der Waals surface area contributed by atoms with Crippen molar-refractivity contribution in [2.24, 2.45) is 5.92 Å². The Bertz CT molecular complexity index is 1070. The van der Waals surface area contributed by atoms with Gasteiger partial charge in [-0.3, -0.25) is 4.79 Å². The van der Waals surface area contributed by atoms with Crippen molar-refractivity contribution in [3.8, 4) is 11.5 Å². The molecule has 8 heteroatoms. The second-order valence-electron chi connectivity index (χ2n) is 10.0. The van der Waals surface area contributed by atoms with Gasteiger partial charge in [-0.25, -0.2) is 4.39 Å². The second-order valence-corrected chi connectivity index (χ2v) is 10.5. The first-order valence-corrected chi connectivity index (χ1v) is 13.3.